The summed E-state index contributed by atoms with van der Waals surface area (Å²) in [6.45, 7) is 2.07. The number of anilines is 1. The van der Waals surface area contributed by atoms with Crippen LogP contribution in [0.4, 0.5) is 5.69 Å². The Morgan fingerprint density at radius 3 is 2.41 bits per heavy atom. The molecule has 0 amide bonds. The van der Waals surface area contributed by atoms with E-state index >= 15 is 0 Å². The lowest BCUT2D eigenvalue weighted by Gasteiger charge is -2.29. The molecule has 2 fully saturated rings. The van der Waals surface area contributed by atoms with Crippen LogP contribution in [0.1, 0.15) is 32.1 Å². The van der Waals surface area contributed by atoms with Crippen molar-refractivity contribution in [3.63, 3.8) is 0 Å². The Hall–Kier alpha value is -1.26. The quantitative estimate of drug-likeness (QED) is 0.894. The van der Waals surface area contributed by atoms with Crippen molar-refractivity contribution in [3.8, 4) is 0 Å². The summed E-state index contributed by atoms with van der Waals surface area (Å²) in [5.74, 6) is -0.763. The molecule has 1 atom stereocenters. The lowest BCUT2D eigenvalue weighted by molar-refractivity contribution is -0.142. The second-order valence-corrected chi connectivity index (χ2v) is 6.90. The number of rotatable bonds is 4. The van der Waals surface area contributed by atoms with Crippen molar-refractivity contribution in [1.82, 2.24) is 5.32 Å². The fraction of sp³-hybridized carbons (Fsp3) is 0.588. The van der Waals surface area contributed by atoms with Crippen LogP contribution in [0.3, 0.4) is 0 Å². The standard InChI is InChI=1S/C17H23ClN2O2/c18-13-3-7-16(8-4-13)20-10-9-15(11-20)19-14-5-1-12(2-6-14)17(21)22/h3-4,7-8,12,14-15,19H,1-2,5-6,9-11H2,(H,21,22). The second kappa shape index (κ2) is 6.88. The second-order valence-electron chi connectivity index (χ2n) is 6.46. The number of carboxylic acids is 1. The summed E-state index contributed by atoms with van der Waals surface area (Å²) >= 11 is 5.94. The van der Waals surface area contributed by atoms with E-state index in [4.69, 9.17) is 16.7 Å². The smallest absolute Gasteiger partial charge is 0.306 e. The van der Waals surface area contributed by atoms with Crippen LogP contribution < -0.4 is 10.2 Å². The van der Waals surface area contributed by atoms with Gasteiger partial charge >= 0.3 is 5.97 Å². The van der Waals surface area contributed by atoms with Crippen LogP contribution in [0.5, 0.6) is 0 Å². The van der Waals surface area contributed by atoms with Crippen LogP contribution in [0.2, 0.25) is 5.02 Å². The molecule has 0 bridgehead atoms. The highest BCUT2D eigenvalue weighted by atomic mass is 35.5. The van der Waals surface area contributed by atoms with E-state index in [1.165, 1.54) is 5.69 Å². The van der Waals surface area contributed by atoms with Gasteiger partial charge in [-0.15, -0.1) is 0 Å². The molecule has 22 heavy (non-hydrogen) atoms. The van der Waals surface area contributed by atoms with Gasteiger partial charge in [0.2, 0.25) is 0 Å². The lowest BCUT2D eigenvalue weighted by atomic mass is 9.86. The van der Waals surface area contributed by atoms with E-state index in [0.717, 1.165) is 50.2 Å². The molecule has 0 radical (unpaired) electrons. The van der Waals surface area contributed by atoms with Crippen molar-refractivity contribution < 1.29 is 9.90 Å². The lowest BCUT2D eigenvalue weighted by Crippen LogP contribution is -2.42. The first-order valence-corrected chi connectivity index (χ1v) is 8.49. The predicted octanol–water partition coefficient (Wildman–Crippen LogP) is 3.15. The van der Waals surface area contributed by atoms with E-state index in [1.807, 2.05) is 12.1 Å². The molecule has 1 aliphatic carbocycles. The SMILES string of the molecule is O=C(O)C1CCC(NC2CCN(c3ccc(Cl)cc3)C2)CC1. The van der Waals surface area contributed by atoms with Crippen molar-refractivity contribution in [2.45, 2.75) is 44.2 Å². The Morgan fingerprint density at radius 1 is 1.09 bits per heavy atom. The number of aliphatic carboxylic acids is 1. The number of carbonyl (C=O) groups is 1. The largest absolute Gasteiger partial charge is 0.481 e. The van der Waals surface area contributed by atoms with Gasteiger partial charge in [-0.3, -0.25) is 4.79 Å². The normalized spacial score (nSPS) is 28.8. The monoisotopic (exact) mass is 322 g/mol. The average molecular weight is 323 g/mol. The average Bonchev–Trinajstić information content (AvgIpc) is 2.97. The number of hydrogen-bond acceptors (Lipinski definition) is 3. The van der Waals surface area contributed by atoms with Crippen LogP contribution in [-0.4, -0.2) is 36.2 Å². The van der Waals surface area contributed by atoms with Crippen molar-refractivity contribution in [1.29, 1.82) is 0 Å². The van der Waals surface area contributed by atoms with E-state index in [1.54, 1.807) is 0 Å². The number of hydrogen-bond donors (Lipinski definition) is 2. The van der Waals surface area contributed by atoms with Gasteiger partial charge in [0, 0.05) is 35.9 Å². The molecule has 4 nitrogen and oxygen atoms in total. The van der Waals surface area contributed by atoms with Crippen molar-refractivity contribution in [2.75, 3.05) is 18.0 Å². The predicted molar refractivity (Wildman–Crippen MR) is 88.6 cm³/mol. The van der Waals surface area contributed by atoms with Gasteiger partial charge in [0.1, 0.15) is 0 Å². The molecule has 2 N–H and O–H groups in total. The van der Waals surface area contributed by atoms with E-state index in [0.29, 0.717) is 12.1 Å². The third kappa shape index (κ3) is 3.73. The van der Waals surface area contributed by atoms with Crippen LogP contribution >= 0.6 is 11.6 Å². The fourth-order valence-corrected chi connectivity index (χ4v) is 3.75. The maximum Gasteiger partial charge on any atom is 0.306 e. The van der Waals surface area contributed by atoms with Crippen LogP contribution in [0, 0.1) is 5.92 Å². The minimum absolute atomic E-state index is 0.132. The van der Waals surface area contributed by atoms with Gasteiger partial charge in [-0.05, 0) is 56.4 Å². The van der Waals surface area contributed by atoms with Gasteiger partial charge < -0.3 is 15.3 Å². The summed E-state index contributed by atoms with van der Waals surface area (Å²) in [6, 6.07) is 8.99. The van der Waals surface area contributed by atoms with Gasteiger partial charge in [-0.25, -0.2) is 0 Å². The zero-order chi connectivity index (χ0) is 15.5. The molecule has 0 aromatic heterocycles. The third-order valence-corrected chi connectivity index (χ3v) is 5.18. The summed E-state index contributed by atoms with van der Waals surface area (Å²) < 4.78 is 0. The topological polar surface area (TPSA) is 52.6 Å². The van der Waals surface area contributed by atoms with E-state index in [9.17, 15) is 4.79 Å². The maximum atomic E-state index is 11.0. The van der Waals surface area contributed by atoms with Crippen LogP contribution in [0.25, 0.3) is 0 Å². The highest BCUT2D eigenvalue weighted by Crippen LogP contribution is 2.27. The molecule has 1 aromatic carbocycles. The Morgan fingerprint density at radius 2 is 1.77 bits per heavy atom. The van der Waals surface area contributed by atoms with Gasteiger partial charge in [0.25, 0.3) is 0 Å². The molecule has 120 valence electrons. The van der Waals surface area contributed by atoms with E-state index in [2.05, 4.69) is 22.3 Å². The van der Waals surface area contributed by atoms with Crippen LogP contribution in [-0.2, 0) is 4.79 Å². The van der Waals surface area contributed by atoms with Crippen molar-refractivity contribution in [3.05, 3.63) is 29.3 Å². The van der Waals surface area contributed by atoms with Gasteiger partial charge in [-0.1, -0.05) is 11.6 Å². The maximum absolute atomic E-state index is 11.0. The molecule has 1 saturated heterocycles. The molecule has 1 unspecified atom stereocenters. The Labute approximate surface area is 136 Å². The minimum atomic E-state index is -0.631. The number of halogens is 1. The van der Waals surface area contributed by atoms with Gasteiger partial charge in [0.15, 0.2) is 0 Å². The summed E-state index contributed by atoms with van der Waals surface area (Å²) in [4.78, 5) is 13.4. The Bertz CT molecular complexity index is 512. The Balaban J connectivity index is 1.47. The highest BCUT2D eigenvalue weighted by Gasteiger charge is 2.29. The molecule has 1 aliphatic heterocycles. The number of nitrogens with one attached hydrogen (secondary N) is 1. The molecular formula is C17H23ClN2O2. The Kier molecular flexibility index (Phi) is 4.89. The molecule has 1 aromatic rings. The van der Waals surface area contributed by atoms with E-state index in [-0.39, 0.29) is 5.92 Å². The molecule has 1 saturated carbocycles. The summed E-state index contributed by atoms with van der Waals surface area (Å²) in [5, 5.41) is 13.6. The molecular weight excluding hydrogens is 300 g/mol. The summed E-state index contributed by atoms with van der Waals surface area (Å²) in [7, 11) is 0. The number of carboxylic acid groups (broad SMARTS) is 1. The molecule has 5 heteroatoms. The molecule has 3 rings (SSSR count). The van der Waals surface area contributed by atoms with Crippen molar-refractivity contribution in [2.24, 2.45) is 5.92 Å². The summed E-state index contributed by atoms with van der Waals surface area (Å²) in [6.07, 6.45) is 4.71. The first kappa shape index (κ1) is 15.6. The van der Waals surface area contributed by atoms with E-state index < -0.39 is 5.97 Å². The van der Waals surface area contributed by atoms with Gasteiger partial charge in [0.05, 0.1) is 5.92 Å². The first-order valence-electron chi connectivity index (χ1n) is 8.11. The molecule has 0 spiro atoms. The molecule has 1 heterocycles. The zero-order valence-corrected chi connectivity index (χ0v) is 13.4. The summed E-state index contributed by atoms with van der Waals surface area (Å²) in [5.41, 5.74) is 1.23. The molecule has 2 aliphatic rings. The first-order chi connectivity index (χ1) is 10.6. The van der Waals surface area contributed by atoms with Crippen molar-refractivity contribution >= 4 is 23.3 Å². The number of benzene rings is 1. The third-order valence-electron chi connectivity index (χ3n) is 4.93. The highest BCUT2D eigenvalue weighted by molar-refractivity contribution is 6.30. The van der Waals surface area contributed by atoms with Gasteiger partial charge in [-0.2, -0.15) is 0 Å². The zero-order valence-electron chi connectivity index (χ0n) is 12.7. The fourth-order valence-electron chi connectivity index (χ4n) is 3.62. The number of nitrogens with zero attached hydrogens (tertiary/aromatic N) is 1. The van der Waals surface area contributed by atoms with Crippen LogP contribution in [0.15, 0.2) is 24.3 Å². The minimum Gasteiger partial charge on any atom is -0.481 e.